The molecular weight excluding hydrogens is 328 g/mol. The van der Waals surface area contributed by atoms with Crippen LogP contribution in [0.25, 0.3) is 0 Å². The monoisotopic (exact) mass is 354 g/mol. The maximum absolute atomic E-state index is 12.2. The zero-order chi connectivity index (χ0) is 19.1. The lowest BCUT2D eigenvalue weighted by Gasteiger charge is -2.11. The molecule has 138 valence electrons. The van der Waals surface area contributed by atoms with Crippen LogP contribution < -0.4 is 10.6 Å². The molecule has 0 heterocycles. The van der Waals surface area contributed by atoms with E-state index in [1.54, 1.807) is 12.1 Å². The Morgan fingerprint density at radius 3 is 2.38 bits per heavy atom. The van der Waals surface area contributed by atoms with Crippen molar-refractivity contribution in [2.45, 2.75) is 46.9 Å². The van der Waals surface area contributed by atoms with E-state index >= 15 is 0 Å². The highest BCUT2D eigenvalue weighted by Gasteiger charge is 2.09. The summed E-state index contributed by atoms with van der Waals surface area (Å²) in [6.07, 6.45) is 0. The maximum atomic E-state index is 12.2. The minimum Gasteiger partial charge on any atom is -0.457 e. The predicted molar refractivity (Wildman–Crippen MR) is 102 cm³/mol. The summed E-state index contributed by atoms with van der Waals surface area (Å²) in [7, 11) is 0. The number of benzene rings is 2. The third-order valence-corrected chi connectivity index (χ3v) is 3.93. The van der Waals surface area contributed by atoms with E-state index in [4.69, 9.17) is 4.74 Å². The van der Waals surface area contributed by atoms with Gasteiger partial charge in [0, 0.05) is 12.6 Å². The molecule has 2 N–H and O–H groups in total. The lowest BCUT2D eigenvalue weighted by Crippen LogP contribution is -2.39. The van der Waals surface area contributed by atoms with Crippen LogP contribution in [0, 0.1) is 13.8 Å². The molecule has 0 radical (unpaired) electrons. The molecule has 26 heavy (non-hydrogen) atoms. The number of hydrogen-bond acceptors (Lipinski definition) is 3. The summed E-state index contributed by atoms with van der Waals surface area (Å²) in [5.41, 5.74) is 4.65. The van der Waals surface area contributed by atoms with Gasteiger partial charge >= 0.3 is 12.0 Å². The first kappa shape index (κ1) is 19.5. The largest absolute Gasteiger partial charge is 0.457 e. The van der Waals surface area contributed by atoms with E-state index < -0.39 is 0 Å². The molecule has 2 aromatic carbocycles. The second-order valence-electron chi connectivity index (χ2n) is 6.68. The molecule has 2 rings (SSSR count). The number of esters is 1. The summed E-state index contributed by atoms with van der Waals surface area (Å²) in [6, 6.07) is 13.0. The van der Waals surface area contributed by atoms with Crippen molar-refractivity contribution in [3.8, 4) is 0 Å². The lowest BCUT2D eigenvalue weighted by atomic mass is 10.1. The fourth-order valence-electron chi connectivity index (χ4n) is 2.44. The highest BCUT2D eigenvalue weighted by molar-refractivity contribution is 5.89. The van der Waals surface area contributed by atoms with Crippen molar-refractivity contribution >= 4 is 12.0 Å². The van der Waals surface area contributed by atoms with E-state index in [2.05, 4.69) is 10.6 Å². The Labute approximate surface area is 154 Å². The summed E-state index contributed by atoms with van der Waals surface area (Å²) in [5, 5.41) is 5.53. The molecule has 2 aromatic rings. The number of amides is 2. The summed E-state index contributed by atoms with van der Waals surface area (Å²) in [4.78, 5) is 23.8. The van der Waals surface area contributed by atoms with E-state index in [1.165, 1.54) is 0 Å². The van der Waals surface area contributed by atoms with Crippen LogP contribution in [0.3, 0.4) is 0 Å². The molecule has 0 unspecified atom stereocenters. The van der Waals surface area contributed by atoms with E-state index in [1.807, 2.05) is 58.0 Å². The minimum atomic E-state index is -0.358. The first-order valence-electron chi connectivity index (χ1n) is 8.71. The zero-order valence-corrected chi connectivity index (χ0v) is 15.8. The fourth-order valence-corrected chi connectivity index (χ4v) is 2.44. The molecule has 0 saturated carbocycles. The van der Waals surface area contributed by atoms with E-state index in [9.17, 15) is 9.59 Å². The Morgan fingerprint density at radius 2 is 1.73 bits per heavy atom. The normalized spacial score (nSPS) is 10.5. The molecule has 0 atom stereocenters. The van der Waals surface area contributed by atoms with Crippen LogP contribution in [0.2, 0.25) is 0 Å². The van der Waals surface area contributed by atoms with Crippen LogP contribution in [0.5, 0.6) is 0 Å². The van der Waals surface area contributed by atoms with Crippen LogP contribution in [-0.2, 0) is 17.9 Å². The third-order valence-electron chi connectivity index (χ3n) is 3.93. The molecule has 0 aliphatic carbocycles. The quantitative estimate of drug-likeness (QED) is 0.774. The summed E-state index contributed by atoms with van der Waals surface area (Å²) in [6.45, 7) is 8.47. The number of ether oxygens (including phenoxy) is 1. The molecule has 0 aliphatic rings. The fraction of sp³-hybridized carbons (Fsp3) is 0.333. The van der Waals surface area contributed by atoms with E-state index in [0.717, 1.165) is 22.3 Å². The molecular formula is C21H26N2O3. The third kappa shape index (κ3) is 5.92. The lowest BCUT2D eigenvalue weighted by molar-refractivity contribution is 0.0472. The number of urea groups is 1. The summed E-state index contributed by atoms with van der Waals surface area (Å²) in [5.74, 6) is -0.358. The van der Waals surface area contributed by atoms with Gasteiger partial charge in [-0.2, -0.15) is 0 Å². The molecule has 0 fully saturated rings. The summed E-state index contributed by atoms with van der Waals surface area (Å²) >= 11 is 0. The first-order valence-corrected chi connectivity index (χ1v) is 8.71. The van der Waals surface area contributed by atoms with Crippen LogP contribution in [0.4, 0.5) is 4.79 Å². The average Bonchev–Trinajstić information content (AvgIpc) is 2.60. The molecule has 5 heteroatoms. The maximum Gasteiger partial charge on any atom is 0.338 e. The number of carbonyl (C=O) groups is 2. The number of nitrogens with one attached hydrogen (secondary N) is 2. The van der Waals surface area contributed by atoms with Gasteiger partial charge in [0.2, 0.25) is 0 Å². The highest BCUT2D eigenvalue weighted by Crippen LogP contribution is 2.13. The number of rotatable bonds is 6. The topological polar surface area (TPSA) is 67.4 Å². The van der Waals surface area contributed by atoms with Crippen molar-refractivity contribution in [1.29, 1.82) is 0 Å². The van der Waals surface area contributed by atoms with E-state index in [0.29, 0.717) is 12.1 Å². The highest BCUT2D eigenvalue weighted by atomic mass is 16.5. The average molecular weight is 354 g/mol. The number of hydrogen-bond donors (Lipinski definition) is 2. The van der Waals surface area contributed by atoms with Crippen LogP contribution in [-0.4, -0.2) is 18.0 Å². The Kier molecular flexibility index (Phi) is 6.78. The second kappa shape index (κ2) is 9.04. The first-order chi connectivity index (χ1) is 12.3. The van der Waals surface area contributed by atoms with Crippen molar-refractivity contribution in [3.63, 3.8) is 0 Å². The van der Waals surface area contributed by atoms with Gasteiger partial charge in [-0.05, 0) is 56.5 Å². The Hall–Kier alpha value is -2.82. The van der Waals surface area contributed by atoms with E-state index in [-0.39, 0.29) is 24.6 Å². The van der Waals surface area contributed by atoms with Gasteiger partial charge in [-0.1, -0.05) is 35.9 Å². The van der Waals surface area contributed by atoms with Gasteiger partial charge in [-0.15, -0.1) is 0 Å². The molecule has 0 aliphatic heterocycles. The Morgan fingerprint density at radius 1 is 1.04 bits per heavy atom. The van der Waals surface area contributed by atoms with Gasteiger partial charge in [0.25, 0.3) is 0 Å². The second-order valence-corrected chi connectivity index (χ2v) is 6.68. The smallest absolute Gasteiger partial charge is 0.338 e. The van der Waals surface area contributed by atoms with Crippen molar-refractivity contribution < 1.29 is 14.3 Å². The molecule has 5 nitrogen and oxygen atoms in total. The molecule has 0 aromatic heterocycles. The van der Waals surface area contributed by atoms with Crippen LogP contribution in [0.1, 0.15) is 46.5 Å². The zero-order valence-electron chi connectivity index (χ0n) is 15.8. The van der Waals surface area contributed by atoms with Crippen LogP contribution >= 0.6 is 0 Å². The predicted octanol–water partition coefficient (Wildman–Crippen LogP) is 3.87. The number of carbonyl (C=O) groups excluding carboxylic acids is 2. The SMILES string of the molecule is Cc1ccc(C)c(COC(=O)c2ccc(CNC(=O)NC(C)C)cc2)c1. The van der Waals surface area contributed by atoms with Gasteiger partial charge in [0.05, 0.1) is 5.56 Å². The Bertz CT molecular complexity index is 767. The molecule has 0 bridgehead atoms. The van der Waals surface area contributed by atoms with Gasteiger partial charge < -0.3 is 15.4 Å². The minimum absolute atomic E-state index is 0.0872. The Balaban J connectivity index is 1.88. The summed E-state index contributed by atoms with van der Waals surface area (Å²) < 4.78 is 5.41. The van der Waals surface area contributed by atoms with Crippen molar-refractivity contribution in [2.75, 3.05) is 0 Å². The van der Waals surface area contributed by atoms with Crippen molar-refractivity contribution in [3.05, 3.63) is 70.3 Å². The molecule has 2 amide bonds. The van der Waals surface area contributed by atoms with Gasteiger partial charge in [0.15, 0.2) is 0 Å². The van der Waals surface area contributed by atoms with Gasteiger partial charge in [-0.3, -0.25) is 0 Å². The van der Waals surface area contributed by atoms with Gasteiger partial charge in [0.1, 0.15) is 6.61 Å². The molecule has 0 saturated heterocycles. The number of aryl methyl sites for hydroxylation is 2. The van der Waals surface area contributed by atoms with Crippen LogP contribution in [0.15, 0.2) is 42.5 Å². The van der Waals surface area contributed by atoms with Crippen molar-refractivity contribution in [1.82, 2.24) is 10.6 Å². The van der Waals surface area contributed by atoms with Crippen molar-refractivity contribution in [2.24, 2.45) is 0 Å². The standard InChI is InChI=1S/C21H26N2O3/c1-14(2)23-21(25)22-12-17-7-9-18(10-8-17)20(24)26-13-19-11-15(3)5-6-16(19)4/h5-11,14H,12-13H2,1-4H3,(H2,22,23,25). The molecule has 0 spiro atoms. The van der Waals surface area contributed by atoms with Gasteiger partial charge in [-0.25, -0.2) is 9.59 Å².